The van der Waals surface area contributed by atoms with Crippen LogP contribution in [0.3, 0.4) is 0 Å². The van der Waals surface area contributed by atoms with Crippen molar-refractivity contribution in [3.8, 4) is 0 Å². The molecule has 54 valence electrons. The van der Waals surface area contributed by atoms with Crippen LogP contribution >= 0.6 is 0 Å². The van der Waals surface area contributed by atoms with Crippen molar-refractivity contribution in [3.05, 3.63) is 0 Å². The van der Waals surface area contributed by atoms with Crippen molar-refractivity contribution in [2.24, 2.45) is 0 Å². The van der Waals surface area contributed by atoms with Gasteiger partial charge in [0.15, 0.2) is 0 Å². The maximum atomic E-state index is 8.67. The summed E-state index contributed by atoms with van der Waals surface area (Å²) in [6, 6.07) is 0. The van der Waals surface area contributed by atoms with Gasteiger partial charge in [-0.1, -0.05) is 0 Å². The van der Waals surface area contributed by atoms with Gasteiger partial charge < -0.3 is 13.1 Å². The SMILES string of the molecule is O=C(O)O.O=S(O)O.[Ca+2].[H-].[H-]. The molecular formula is CH6CaO6S. The Morgan fingerprint density at radius 2 is 1.33 bits per heavy atom. The Kier molecular flexibility index (Phi) is 20.7. The quantitative estimate of drug-likeness (QED) is 0.306. The van der Waals surface area contributed by atoms with Crippen LogP contribution in [0.25, 0.3) is 0 Å². The molecule has 0 aliphatic heterocycles. The fraction of sp³-hybridized carbons (Fsp3) is 0. The van der Waals surface area contributed by atoms with Gasteiger partial charge in [0.05, 0.1) is 0 Å². The summed E-state index contributed by atoms with van der Waals surface area (Å²) in [7, 11) is 0. The van der Waals surface area contributed by atoms with Crippen molar-refractivity contribution >= 4 is 55.3 Å². The van der Waals surface area contributed by atoms with Gasteiger partial charge in [0.2, 0.25) is 0 Å². The topological polar surface area (TPSA) is 115 Å². The number of rotatable bonds is 0. The van der Waals surface area contributed by atoms with Crippen molar-refractivity contribution < 1.29 is 31.2 Å². The Morgan fingerprint density at radius 3 is 1.33 bits per heavy atom. The zero-order valence-corrected chi connectivity index (χ0v) is 7.25. The molecule has 6 nitrogen and oxygen atoms in total. The molecule has 9 heavy (non-hydrogen) atoms. The van der Waals surface area contributed by atoms with E-state index in [1.807, 2.05) is 0 Å². The molecule has 0 rings (SSSR count). The van der Waals surface area contributed by atoms with E-state index in [1.165, 1.54) is 0 Å². The molecule has 0 aromatic carbocycles. The third kappa shape index (κ3) is 1040. The van der Waals surface area contributed by atoms with Gasteiger partial charge in [0.1, 0.15) is 0 Å². The molecular weight excluding hydrogens is 180 g/mol. The van der Waals surface area contributed by atoms with Crippen molar-refractivity contribution in [2.75, 3.05) is 0 Å². The summed E-state index contributed by atoms with van der Waals surface area (Å²) >= 11 is -2.61. The van der Waals surface area contributed by atoms with Crippen LogP contribution in [0.2, 0.25) is 0 Å². The maximum Gasteiger partial charge on any atom is 2.00 e. The fourth-order valence-electron chi connectivity index (χ4n) is 0. The Hall–Kier alpha value is 0.600. The van der Waals surface area contributed by atoms with E-state index in [4.69, 9.17) is 28.3 Å². The molecule has 0 fully saturated rings. The summed E-state index contributed by atoms with van der Waals surface area (Å²) in [4.78, 5) is 8.56. The molecule has 4 N–H and O–H groups in total. The van der Waals surface area contributed by atoms with Gasteiger partial charge in [-0.2, -0.15) is 4.21 Å². The third-order valence-electron chi connectivity index (χ3n) is 0. The Labute approximate surface area is 86.0 Å². The molecule has 0 saturated carbocycles. The standard InChI is InChI=1S/CH2O3.Ca.H2O3S.2H/c2-1(3)4;;1-4(2)3;;/h(H2,2,3,4);;(H2,1,2,3);;/q;+2;;2*-1. The average molecular weight is 186 g/mol. The largest absolute Gasteiger partial charge is 2.00 e. The van der Waals surface area contributed by atoms with Gasteiger partial charge in [-0.25, -0.2) is 4.79 Å². The molecule has 0 aliphatic carbocycles. The molecule has 0 amide bonds. The Morgan fingerprint density at radius 1 is 1.33 bits per heavy atom. The molecule has 0 bridgehead atoms. The molecule has 0 aliphatic rings. The first-order valence-corrected chi connectivity index (χ1v) is 2.25. The zero-order valence-electron chi connectivity index (χ0n) is 6.22. The monoisotopic (exact) mass is 186 g/mol. The molecule has 0 atom stereocenters. The smallest absolute Gasteiger partial charge is 1.00 e. The summed E-state index contributed by atoms with van der Waals surface area (Å²) < 4.78 is 22.8. The normalized spacial score (nSPS) is 6.56. The van der Waals surface area contributed by atoms with Crippen molar-refractivity contribution in [1.29, 1.82) is 0 Å². The van der Waals surface area contributed by atoms with E-state index in [2.05, 4.69) is 0 Å². The van der Waals surface area contributed by atoms with E-state index >= 15 is 0 Å². The number of carbonyl (C=O) groups is 1. The van der Waals surface area contributed by atoms with E-state index in [0.717, 1.165) is 0 Å². The second kappa shape index (κ2) is 11.4. The van der Waals surface area contributed by atoms with Gasteiger partial charge >= 0.3 is 43.9 Å². The van der Waals surface area contributed by atoms with Crippen molar-refractivity contribution in [1.82, 2.24) is 0 Å². The van der Waals surface area contributed by atoms with E-state index in [1.54, 1.807) is 0 Å². The van der Waals surface area contributed by atoms with Crippen LogP contribution in [0.5, 0.6) is 0 Å². The molecule has 0 aromatic rings. The van der Waals surface area contributed by atoms with Crippen LogP contribution < -0.4 is 0 Å². The van der Waals surface area contributed by atoms with Gasteiger partial charge in [0, 0.05) is 0 Å². The van der Waals surface area contributed by atoms with Crippen LogP contribution in [-0.2, 0) is 11.4 Å². The van der Waals surface area contributed by atoms with Crippen LogP contribution in [-0.4, -0.2) is 67.4 Å². The third-order valence-corrected chi connectivity index (χ3v) is 0. The Bertz CT molecular complexity index is 78.6. The summed E-state index contributed by atoms with van der Waals surface area (Å²) in [5.74, 6) is 0. The molecule has 0 unspecified atom stereocenters. The van der Waals surface area contributed by atoms with Gasteiger partial charge in [0.25, 0.3) is 11.4 Å². The van der Waals surface area contributed by atoms with Gasteiger partial charge in [-0.15, -0.1) is 0 Å². The minimum absolute atomic E-state index is 0. The van der Waals surface area contributed by atoms with Crippen molar-refractivity contribution in [2.45, 2.75) is 0 Å². The summed E-state index contributed by atoms with van der Waals surface area (Å²) in [6.07, 6.45) is -1.83. The van der Waals surface area contributed by atoms with E-state index in [9.17, 15) is 0 Å². The average Bonchev–Trinajstić information content (AvgIpc) is 1.25. The summed E-state index contributed by atoms with van der Waals surface area (Å²) in [6.45, 7) is 0. The molecule has 8 heteroatoms. The van der Waals surface area contributed by atoms with Crippen LogP contribution in [0.4, 0.5) is 4.79 Å². The first-order chi connectivity index (χ1) is 3.46. The van der Waals surface area contributed by atoms with E-state index in [-0.39, 0.29) is 40.6 Å². The minimum Gasteiger partial charge on any atom is -1.00 e. The van der Waals surface area contributed by atoms with E-state index < -0.39 is 17.5 Å². The number of carboxylic acid groups (broad SMARTS) is 2. The molecule has 0 spiro atoms. The van der Waals surface area contributed by atoms with Gasteiger partial charge in [-0.05, 0) is 0 Å². The van der Waals surface area contributed by atoms with E-state index in [0.29, 0.717) is 0 Å². The molecule has 0 radical (unpaired) electrons. The van der Waals surface area contributed by atoms with Crippen molar-refractivity contribution in [3.63, 3.8) is 0 Å². The predicted octanol–water partition coefficient (Wildman–Crippen LogP) is -0.252. The maximum absolute atomic E-state index is 8.67. The summed E-state index contributed by atoms with van der Waals surface area (Å²) in [5, 5.41) is 13.9. The second-order valence-corrected chi connectivity index (χ2v) is 0.975. The van der Waals surface area contributed by atoms with Gasteiger partial charge in [-0.3, -0.25) is 9.11 Å². The fourth-order valence-corrected chi connectivity index (χ4v) is 0. The second-order valence-electron chi connectivity index (χ2n) is 0.513. The van der Waals surface area contributed by atoms with Crippen LogP contribution in [0.15, 0.2) is 0 Å². The molecule has 0 saturated heterocycles. The Balaban J connectivity index is -0.0000000171. The van der Waals surface area contributed by atoms with Crippen LogP contribution in [0, 0.1) is 0 Å². The van der Waals surface area contributed by atoms with Crippen LogP contribution in [0.1, 0.15) is 2.85 Å². The zero-order chi connectivity index (χ0) is 7.15. The first-order valence-electron chi connectivity index (χ1n) is 1.18. The minimum atomic E-state index is -2.61. The molecule has 0 heterocycles. The summed E-state index contributed by atoms with van der Waals surface area (Å²) in [5.41, 5.74) is 0. The first kappa shape index (κ1) is 16.3. The number of hydrogen-bond donors (Lipinski definition) is 4. The molecule has 0 aromatic heterocycles. The predicted molar refractivity (Wildman–Crippen MR) is 32.0 cm³/mol. The number of hydrogen-bond acceptors (Lipinski definition) is 2.